The predicted molar refractivity (Wildman–Crippen MR) is 95.5 cm³/mol. The van der Waals surface area contributed by atoms with Crippen LogP contribution in [-0.4, -0.2) is 12.9 Å². The second-order valence-electron chi connectivity index (χ2n) is 6.90. The fourth-order valence-corrected chi connectivity index (χ4v) is 4.40. The number of allylic oxidation sites excluding steroid dienone is 2. The van der Waals surface area contributed by atoms with Crippen molar-refractivity contribution in [2.75, 3.05) is 7.11 Å². The van der Waals surface area contributed by atoms with Crippen LogP contribution in [0.5, 0.6) is 5.75 Å². The highest BCUT2D eigenvalue weighted by molar-refractivity contribution is 5.92. The molecular weight excluding hydrogens is 296 g/mol. The van der Waals surface area contributed by atoms with Crippen LogP contribution >= 0.6 is 0 Å². The van der Waals surface area contributed by atoms with E-state index >= 15 is 0 Å². The summed E-state index contributed by atoms with van der Waals surface area (Å²) in [4.78, 5) is 12.0. The van der Waals surface area contributed by atoms with E-state index in [2.05, 4.69) is 48.5 Å². The first-order valence-electron chi connectivity index (χ1n) is 8.66. The maximum atomic E-state index is 12.0. The minimum atomic E-state index is -0.0326. The molecule has 2 heteroatoms. The lowest BCUT2D eigenvalue weighted by Gasteiger charge is -2.44. The first-order valence-corrected chi connectivity index (χ1v) is 8.66. The van der Waals surface area contributed by atoms with Gasteiger partial charge in [0.05, 0.1) is 7.11 Å². The van der Waals surface area contributed by atoms with Crippen LogP contribution in [0.2, 0.25) is 0 Å². The molecule has 0 fully saturated rings. The molecule has 0 bridgehead atoms. The van der Waals surface area contributed by atoms with Crippen LogP contribution < -0.4 is 4.74 Å². The van der Waals surface area contributed by atoms with Crippen molar-refractivity contribution in [2.24, 2.45) is 0 Å². The van der Waals surface area contributed by atoms with Crippen molar-refractivity contribution in [3.63, 3.8) is 0 Å². The van der Waals surface area contributed by atoms with Gasteiger partial charge in [0.1, 0.15) is 5.75 Å². The first kappa shape index (κ1) is 15.2. The minimum Gasteiger partial charge on any atom is -0.497 e. The van der Waals surface area contributed by atoms with Crippen molar-refractivity contribution in [3.05, 3.63) is 76.9 Å². The van der Waals surface area contributed by atoms with Gasteiger partial charge in [-0.15, -0.1) is 0 Å². The van der Waals surface area contributed by atoms with E-state index in [0.29, 0.717) is 6.42 Å². The number of aryl methyl sites for hydroxylation is 1. The molecule has 0 N–H and O–H groups in total. The van der Waals surface area contributed by atoms with Crippen LogP contribution in [-0.2, 0) is 23.1 Å². The van der Waals surface area contributed by atoms with Crippen LogP contribution in [0.25, 0.3) is 0 Å². The Morgan fingerprint density at radius 1 is 1.04 bits per heavy atom. The van der Waals surface area contributed by atoms with Gasteiger partial charge in [-0.25, -0.2) is 0 Å². The molecule has 24 heavy (non-hydrogen) atoms. The lowest BCUT2D eigenvalue weighted by Crippen LogP contribution is -2.39. The number of hydrogen-bond donors (Lipinski definition) is 0. The van der Waals surface area contributed by atoms with E-state index < -0.39 is 0 Å². The zero-order chi connectivity index (χ0) is 16.6. The number of methoxy groups -OCH3 is 1. The van der Waals surface area contributed by atoms with Crippen molar-refractivity contribution in [3.8, 4) is 5.75 Å². The third kappa shape index (κ3) is 2.47. The molecule has 0 radical (unpaired) electrons. The van der Waals surface area contributed by atoms with E-state index in [0.717, 1.165) is 31.4 Å². The van der Waals surface area contributed by atoms with Crippen molar-refractivity contribution in [1.82, 2.24) is 0 Å². The molecule has 1 unspecified atom stereocenters. The number of carbonyl (C=O) groups excluding carboxylic acids is 1. The van der Waals surface area contributed by atoms with Gasteiger partial charge in [0.2, 0.25) is 0 Å². The van der Waals surface area contributed by atoms with Crippen LogP contribution in [0.4, 0.5) is 0 Å². The zero-order valence-corrected chi connectivity index (χ0v) is 14.0. The summed E-state index contributed by atoms with van der Waals surface area (Å²) in [6.07, 6.45) is 6.40. The maximum absolute atomic E-state index is 12.0. The molecule has 0 amide bonds. The Morgan fingerprint density at radius 2 is 1.88 bits per heavy atom. The molecule has 2 aliphatic rings. The normalized spacial score (nSPS) is 22.4. The summed E-state index contributed by atoms with van der Waals surface area (Å²) >= 11 is 0. The third-order valence-electron chi connectivity index (χ3n) is 5.59. The molecule has 2 nitrogen and oxygen atoms in total. The van der Waals surface area contributed by atoms with E-state index in [1.54, 1.807) is 7.11 Å². The molecule has 0 saturated carbocycles. The molecule has 0 heterocycles. The van der Waals surface area contributed by atoms with Gasteiger partial charge in [-0.05, 0) is 60.6 Å². The Hall–Kier alpha value is -2.35. The van der Waals surface area contributed by atoms with Crippen LogP contribution in [0.3, 0.4) is 0 Å². The summed E-state index contributed by atoms with van der Waals surface area (Å²) in [6.45, 7) is 0. The number of benzene rings is 2. The van der Waals surface area contributed by atoms with Crippen molar-refractivity contribution >= 4 is 5.78 Å². The molecule has 0 spiro atoms. The number of ketones is 1. The summed E-state index contributed by atoms with van der Waals surface area (Å²) in [5, 5.41) is 0. The number of hydrogen-bond acceptors (Lipinski definition) is 2. The summed E-state index contributed by atoms with van der Waals surface area (Å²) in [6, 6.07) is 17.1. The average molecular weight is 318 g/mol. The van der Waals surface area contributed by atoms with E-state index in [4.69, 9.17) is 4.74 Å². The molecule has 2 aromatic rings. The largest absolute Gasteiger partial charge is 0.497 e. The molecule has 1 atom stereocenters. The van der Waals surface area contributed by atoms with Crippen LogP contribution in [0.1, 0.15) is 36.0 Å². The number of rotatable bonds is 3. The second-order valence-corrected chi connectivity index (χ2v) is 6.90. The Labute approximate surface area is 143 Å². The van der Waals surface area contributed by atoms with E-state index in [9.17, 15) is 4.79 Å². The van der Waals surface area contributed by atoms with Crippen LogP contribution in [0.15, 0.2) is 60.2 Å². The molecule has 0 aliphatic heterocycles. The SMILES string of the molecule is COc1ccc2c(c1)CCC1=CC(=O)CCC12Cc1ccccc1. The van der Waals surface area contributed by atoms with Crippen molar-refractivity contribution < 1.29 is 9.53 Å². The molecule has 0 aromatic heterocycles. The molecule has 2 aromatic carbocycles. The summed E-state index contributed by atoms with van der Waals surface area (Å²) in [5.74, 6) is 1.20. The van der Waals surface area contributed by atoms with E-state index in [1.165, 1.54) is 22.3 Å². The fraction of sp³-hybridized carbons (Fsp3) is 0.318. The van der Waals surface area contributed by atoms with E-state index in [-0.39, 0.29) is 11.2 Å². The molecule has 4 rings (SSSR count). The van der Waals surface area contributed by atoms with Gasteiger partial charge in [-0.1, -0.05) is 42.0 Å². The summed E-state index contributed by atoms with van der Waals surface area (Å²) < 4.78 is 5.42. The summed E-state index contributed by atoms with van der Waals surface area (Å²) in [5.41, 5.74) is 5.38. The van der Waals surface area contributed by atoms with Gasteiger partial charge in [0.15, 0.2) is 5.78 Å². The van der Waals surface area contributed by atoms with Gasteiger partial charge >= 0.3 is 0 Å². The highest BCUT2D eigenvalue weighted by Crippen LogP contribution is 2.49. The Morgan fingerprint density at radius 3 is 2.67 bits per heavy atom. The number of carbonyl (C=O) groups is 1. The highest BCUT2D eigenvalue weighted by atomic mass is 16.5. The van der Waals surface area contributed by atoms with Gasteiger partial charge in [-0.2, -0.15) is 0 Å². The second kappa shape index (κ2) is 5.94. The molecular formula is C22H22O2. The highest BCUT2D eigenvalue weighted by Gasteiger charge is 2.42. The Balaban J connectivity index is 1.86. The zero-order valence-electron chi connectivity index (χ0n) is 14.0. The quantitative estimate of drug-likeness (QED) is 0.838. The van der Waals surface area contributed by atoms with E-state index in [1.807, 2.05) is 6.08 Å². The van der Waals surface area contributed by atoms with Gasteiger partial charge in [0, 0.05) is 11.8 Å². The average Bonchev–Trinajstić information content (AvgIpc) is 2.62. The smallest absolute Gasteiger partial charge is 0.155 e. The number of fused-ring (bicyclic) bond motifs is 3. The minimum absolute atomic E-state index is 0.0326. The standard InChI is InChI=1S/C22H22O2/c1-24-20-9-10-21-17(13-20)7-8-18-14-19(23)11-12-22(18,21)15-16-5-3-2-4-6-16/h2-6,9-10,13-14H,7-8,11-12,15H2,1H3. The third-order valence-corrected chi connectivity index (χ3v) is 5.59. The van der Waals surface area contributed by atoms with Gasteiger partial charge in [-0.3, -0.25) is 4.79 Å². The fourth-order valence-electron chi connectivity index (χ4n) is 4.40. The molecule has 2 aliphatic carbocycles. The summed E-state index contributed by atoms with van der Waals surface area (Å²) in [7, 11) is 1.72. The Bertz CT molecular complexity index is 804. The lowest BCUT2D eigenvalue weighted by molar-refractivity contribution is -0.115. The van der Waals surface area contributed by atoms with Crippen molar-refractivity contribution in [1.29, 1.82) is 0 Å². The molecule has 122 valence electrons. The first-order chi connectivity index (χ1) is 11.7. The van der Waals surface area contributed by atoms with Gasteiger partial charge in [0.25, 0.3) is 0 Å². The monoisotopic (exact) mass is 318 g/mol. The van der Waals surface area contributed by atoms with Crippen molar-refractivity contribution in [2.45, 2.75) is 37.5 Å². The van der Waals surface area contributed by atoms with Crippen LogP contribution in [0, 0.1) is 0 Å². The number of ether oxygens (including phenoxy) is 1. The lowest BCUT2D eigenvalue weighted by atomic mass is 9.59. The van der Waals surface area contributed by atoms with Gasteiger partial charge < -0.3 is 4.74 Å². The predicted octanol–water partition coefficient (Wildman–Crippen LogP) is 4.41. The Kier molecular flexibility index (Phi) is 3.76. The maximum Gasteiger partial charge on any atom is 0.155 e. The molecule has 0 saturated heterocycles. The topological polar surface area (TPSA) is 26.3 Å².